The number of para-hydroxylation sites is 1. The monoisotopic (exact) mass is 533 g/mol. The Morgan fingerprint density at radius 1 is 0.975 bits per heavy atom. The third kappa shape index (κ3) is 5.74. The number of carbonyl (C=O) groups excluding carboxylic acids is 1. The summed E-state index contributed by atoms with van der Waals surface area (Å²) < 4.78 is 5.44. The van der Waals surface area contributed by atoms with Gasteiger partial charge in [-0.2, -0.15) is 0 Å². The van der Waals surface area contributed by atoms with Crippen LogP contribution in [0.3, 0.4) is 0 Å². The van der Waals surface area contributed by atoms with Crippen molar-refractivity contribution in [2.75, 3.05) is 41.8 Å². The maximum absolute atomic E-state index is 12.3. The van der Waals surface area contributed by atoms with E-state index < -0.39 is 11.9 Å². The summed E-state index contributed by atoms with van der Waals surface area (Å²) in [5, 5.41) is 7.67. The molecule has 1 amide bonds. The fourth-order valence-electron chi connectivity index (χ4n) is 4.97. The molecule has 0 spiro atoms. The summed E-state index contributed by atoms with van der Waals surface area (Å²) in [4.78, 5) is 26.9. The molecule has 3 heterocycles. The summed E-state index contributed by atoms with van der Waals surface area (Å²) in [7, 11) is 0. The Labute approximate surface area is 232 Å². The number of hydrogen-bond donors (Lipinski definition) is 4. The minimum Gasteiger partial charge on any atom is -0.378 e. The molecule has 2 aromatic heterocycles. The maximum atomic E-state index is 12.3. The van der Waals surface area contributed by atoms with E-state index in [0.717, 1.165) is 65.4 Å². The summed E-state index contributed by atoms with van der Waals surface area (Å²) in [6.45, 7) is 3.32. The van der Waals surface area contributed by atoms with E-state index in [-0.39, 0.29) is 0 Å². The number of nitrogens with two attached hydrogens (primary N) is 1. The van der Waals surface area contributed by atoms with Crippen molar-refractivity contribution >= 4 is 39.8 Å². The van der Waals surface area contributed by atoms with Crippen LogP contribution in [0.2, 0.25) is 0 Å². The maximum Gasteiger partial charge on any atom is 0.240 e. The number of nitrogens with zero attached hydrogens (tertiary/aromatic N) is 3. The van der Waals surface area contributed by atoms with Gasteiger partial charge in [0.25, 0.3) is 0 Å². The van der Waals surface area contributed by atoms with Crippen molar-refractivity contribution in [2.45, 2.75) is 12.5 Å². The average molecular weight is 534 g/mol. The number of H-pyrrole nitrogens is 1. The third-order valence-electron chi connectivity index (χ3n) is 7.12. The van der Waals surface area contributed by atoms with Crippen molar-refractivity contribution in [2.24, 2.45) is 5.73 Å². The summed E-state index contributed by atoms with van der Waals surface area (Å²) in [5.41, 5.74) is 12.5. The molecule has 3 aromatic carbocycles. The number of carbonyl (C=O) groups is 1. The first-order valence-electron chi connectivity index (χ1n) is 13.4. The Morgan fingerprint density at radius 3 is 2.50 bits per heavy atom. The van der Waals surface area contributed by atoms with Gasteiger partial charge in [-0.15, -0.1) is 0 Å². The van der Waals surface area contributed by atoms with Crippen LogP contribution in [-0.2, 0) is 16.0 Å². The molecule has 5 N–H and O–H groups in total. The minimum absolute atomic E-state index is 0.404. The lowest BCUT2D eigenvalue weighted by Crippen LogP contribution is -2.37. The van der Waals surface area contributed by atoms with Crippen molar-refractivity contribution in [3.05, 3.63) is 96.8 Å². The molecule has 0 radical (unpaired) electrons. The van der Waals surface area contributed by atoms with Crippen LogP contribution in [0.5, 0.6) is 0 Å². The predicted molar refractivity (Wildman–Crippen MR) is 159 cm³/mol. The summed E-state index contributed by atoms with van der Waals surface area (Å²) >= 11 is 0. The SMILES string of the molecule is NC(=O)[C@H](Cc1c[nH]c2ccccc12)Nc1ccc(-c2ccnc(Nc3ccc(N4CCOCC4)cc3)n2)cc1. The van der Waals surface area contributed by atoms with E-state index in [1.165, 1.54) is 5.69 Å². The number of aromatic amines is 1. The molecule has 1 aliphatic heterocycles. The highest BCUT2D eigenvalue weighted by atomic mass is 16.5. The van der Waals surface area contributed by atoms with Gasteiger partial charge in [0.1, 0.15) is 6.04 Å². The fraction of sp³-hybridized carbons (Fsp3) is 0.194. The highest BCUT2D eigenvalue weighted by Crippen LogP contribution is 2.25. The number of rotatable bonds is 9. The van der Waals surface area contributed by atoms with Gasteiger partial charge in [0.15, 0.2) is 0 Å². The largest absolute Gasteiger partial charge is 0.378 e. The Kier molecular flexibility index (Phi) is 7.28. The van der Waals surface area contributed by atoms with E-state index in [9.17, 15) is 4.79 Å². The number of morpholine rings is 1. The first-order valence-corrected chi connectivity index (χ1v) is 13.4. The standard InChI is InChI=1S/C31H31N7O2/c32-30(39)29(19-22-20-34-28-4-2-1-3-26(22)28)35-23-7-5-21(6-8-23)27-13-14-33-31(37-27)36-24-9-11-25(12-10-24)38-15-17-40-18-16-38/h1-14,20,29,34-35H,15-19H2,(H2,32,39)(H,33,36,37)/t29-/m0/s1. The van der Waals surface area contributed by atoms with Gasteiger partial charge in [0.05, 0.1) is 18.9 Å². The van der Waals surface area contributed by atoms with E-state index in [2.05, 4.69) is 37.6 Å². The molecule has 5 aromatic rings. The van der Waals surface area contributed by atoms with Crippen LogP contribution in [-0.4, -0.2) is 53.2 Å². The van der Waals surface area contributed by atoms with Crippen LogP contribution < -0.4 is 21.3 Å². The number of fused-ring (bicyclic) bond motifs is 1. The lowest BCUT2D eigenvalue weighted by molar-refractivity contribution is -0.118. The van der Waals surface area contributed by atoms with Crippen LogP contribution in [0.1, 0.15) is 5.56 Å². The van der Waals surface area contributed by atoms with E-state index >= 15 is 0 Å². The zero-order valence-electron chi connectivity index (χ0n) is 22.0. The van der Waals surface area contributed by atoms with Gasteiger partial charge >= 0.3 is 0 Å². The van der Waals surface area contributed by atoms with Crippen molar-refractivity contribution in [1.29, 1.82) is 0 Å². The van der Waals surface area contributed by atoms with E-state index in [0.29, 0.717) is 12.4 Å². The number of aromatic nitrogens is 3. The molecule has 9 nitrogen and oxygen atoms in total. The molecular formula is C31H31N7O2. The van der Waals surface area contributed by atoms with Crippen LogP contribution in [0.25, 0.3) is 22.2 Å². The highest BCUT2D eigenvalue weighted by Gasteiger charge is 2.18. The number of nitrogens with one attached hydrogen (secondary N) is 3. The van der Waals surface area contributed by atoms with Crippen molar-refractivity contribution in [3.63, 3.8) is 0 Å². The first-order chi connectivity index (χ1) is 19.6. The molecule has 6 rings (SSSR count). The molecule has 1 fully saturated rings. The lowest BCUT2D eigenvalue weighted by Gasteiger charge is -2.28. The molecule has 9 heteroatoms. The molecule has 1 saturated heterocycles. The van der Waals surface area contributed by atoms with Crippen molar-refractivity contribution in [3.8, 4) is 11.3 Å². The van der Waals surface area contributed by atoms with E-state index in [4.69, 9.17) is 15.5 Å². The average Bonchev–Trinajstić information content (AvgIpc) is 3.41. The second-order valence-corrected chi connectivity index (χ2v) is 9.78. The molecule has 202 valence electrons. The van der Waals surface area contributed by atoms with Gasteiger partial charge in [-0.05, 0) is 54.1 Å². The number of benzene rings is 3. The zero-order valence-corrected chi connectivity index (χ0v) is 22.0. The summed E-state index contributed by atoms with van der Waals surface area (Å²) in [6, 6.07) is 25.4. The first kappa shape index (κ1) is 25.4. The third-order valence-corrected chi connectivity index (χ3v) is 7.12. The molecule has 40 heavy (non-hydrogen) atoms. The molecule has 0 saturated carbocycles. The number of anilines is 4. The van der Waals surface area contributed by atoms with E-state index in [1.807, 2.05) is 72.9 Å². The van der Waals surface area contributed by atoms with Crippen LogP contribution >= 0.6 is 0 Å². The van der Waals surface area contributed by atoms with Gasteiger partial charge in [0.2, 0.25) is 11.9 Å². The Morgan fingerprint density at radius 2 is 1.73 bits per heavy atom. The quantitative estimate of drug-likeness (QED) is 0.216. The predicted octanol–water partition coefficient (Wildman–Crippen LogP) is 4.71. The lowest BCUT2D eigenvalue weighted by atomic mass is 10.0. The van der Waals surface area contributed by atoms with Crippen molar-refractivity contribution < 1.29 is 9.53 Å². The van der Waals surface area contributed by atoms with Gasteiger partial charge in [-0.25, -0.2) is 9.97 Å². The number of primary amides is 1. The van der Waals surface area contributed by atoms with Gasteiger partial charge < -0.3 is 31.0 Å². The Bertz CT molecular complexity index is 1590. The molecule has 0 unspecified atom stereocenters. The van der Waals surface area contributed by atoms with E-state index in [1.54, 1.807) is 6.20 Å². The summed E-state index contributed by atoms with van der Waals surface area (Å²) in [5.74, 6) is 0.116. The number of ether oxygens (including phenoxy) is 1. The second-order valence-electron chi connectivity index (χ2n) is 9.78. The number of hydrogen-bond acceptors (Lipinski definition) is 7. The fourth-order valence-corrected chi connectivity index (χ4v) is 4.97. The summed E-state index contributed by atoms with van der Waals surface area (Å²) in [6.07, 6.45) is 4.16. The smallest absolute Gasteiger partial charge is 0.240 e. The minimum atomic E-state index is -0.547. The molecule has 1 aliphatic rings. The molecule has 0 aliphatic carbocycles. The van der Waals surface area contributed by atoms with Crippen molar-refractivity contribution in [1.82, 2.24) is 15.0 Å². The van der Waals surface area contributed by atoms with Gasteiger partial charge in [-0.1, -0.05) is 30.3 Å². The van der Waals surface area contributed by atoms with Crippen LogP contribution in [0.4, 0.5) is 23.0 Å². The highest BCUT2D eigenvalue weighted by molar-refractivity contribution is 5.87. The zero-order chi connectivity index (χ0) is 27.3. The number of amides is 1. The van der Waals surface area contributed by atoms with Gasteiger partial charge in [0, 0.05) is 65.4 Å². The molecule has 1 atom stereocenters. The second kappa shape index (κ2) is 11.5. The normalized spacial score (nSPS) is 14.2. The Hall–Kier alpha value is -4.89. The van der Waals surface area contributed by atoms with Crippen LogP contribution in [0.15, 0.2) is 91.3 Å². The molecular weight excluding hydrogens is 502 g/mol. The van der Waals surface area contributed by atoms with Crippen LogP contribution in [0, 0.1) is 0 Å². The van der Waals surface area contributed by atoms with Gasteiger partial charge in [-0.3, -0.25) is 4.79 Å². The topological polar surface area (TPSA) is 121 Å². The molecule has 0 bridgehead atoms. The Balaban J connectivity index is 1.11.